The molecule has 0 unspecified atom stereocenters. The molecule has 1 aromatic carbocycles. The van der Waals surface area contributed by atoms with Gasteiger partial charge in [-0.2, -0.15) is 0 Å². The number of aryl methyl sites for hydroxylation is 1. The summed E-state index contributed by atoms with van der Waals surface area (Å²) in [5.41, 5.74) is 1.25. The van der Waals surface area contributed by atoms with Gasteiger partial charge in [0.05, 0.1) is 0 Å². The van der Waals surface area contributed by atoms with Gasteiger partial charge in [-0.15, -0.1) is 0 Å². The van der Waals surface area contributed by atoms with E-state index < -0.39 is 0 Å². The number of nitrogens with one attached hydrogen (secondary N) is 2. The minimum atomic E-state index is 0.326. The largest absolute Gasteiger partial charge is 0.508 e. The molecule has 1 aliphatic carbocycles. The Labute approximate surface area is 127 Å². The number of phenolic OH excluding ortho intramolecular Hbond substituents is 1. The Morgan fingerprint density at radius 2 is 1.95 bits per heavy atom. The second-order valence-corrected chi connectivity index (χ2v) is 5.66. The summed E-state index contributed by atoms with van der Waals surface area (Å²) in [7, 11) is 0. The predicted octanol–water partition coefficient (Wildman–Crippen LogP) is 2.82. The number of hydrogen-bond acceptors (Lipinski definition) is 2. The zero-order chi connectivity index (χ0) is 14.9. The lowest BCUT2D eigenvalue weighted by atomic mass is 10.1. The lowest BCUT2D eigenvalue weighted by Crippen LogP contribution is -2.42. The van der Waals surface area contributed by atoms with Gasteiger partial charge in [-0.05, 0) is 50.3 Å². The highest BCUT2D eigenvalue weighted by atomic mass is 16.3. The molecule has 0 amide bonds. The molecule has 0 aromatic heterocycles. The van der Waals surface area contributed by atoms with Crippen molar-refractivity contribution in [2.45, 2.75) is 51.5 Å². The maximum absolute atomic E-state index is 9.26. The first-order chi connectivity index (χ1) is 10.3. The van der Waals surface area contributed by atoms with Crippen LogP contribution in [0.3, 0.4) is 0 Å². The molecule has 1 saturated carbocycles. The zero-order valence-corrected chi connectivity index (χ0v) is 12.9. The molecule has 0 bridgehead atoms. The summed E-state index contributed by atoms with van der Waals surface area (Å²) >= 11 is 0. The van der Waals surface area contributed by atoms with Crippen molar-refractivity contribution in [2.75, 3.05) is 13.1 Å². The lowest BCUT2D eigenvalue weighted by Gasteiger charge is -2.16. The molecular formula is C17H27N3O. The number of guanidine groups is 1. The first-order valence-electron chi connectivity index (χ1n) is 8.10. The smallest absolute Gasteiger partial charge is 0.191 e. The van der Waals surface area contributed by atoms with E-state index >= 15 is 0 Å². The molecule has 2 rings (SSSR count). The van der Waals surface area contributed by atoms with Crippen LogP contribution in [-0.2, 0) is 6.42 Å². The van der Waals surface area contributed by atoms with Crippen LogP contribution in [0.25, 0.3) is 0 Å². The number of aliphatic imine (C=N–C) groups is 1. The van der Waals surface area contributed by atoms with Crippen LogP contribution in [0, 0.1) is 0 Å². The van der Waals surface area contributed by atoms with E-state index in [-0.39, 0.29) is 0 Å². The first-order valence-corrected chi connectivity index (χ1v) is 8.10. The van der Waals surface area contributed by atoms with Crippen molar-refractivity contribution in [3.63, 3.8) is 0 Å². The number of phenols is 1. The van der Waals surface area contributed by atoms with E-state index in [0.29, 0.717) is 11.8 Å². The highest BCUT2D eigenvalue weighted by Gasteiger charge is 2.15. The fraction of sp³-hybridized carbons (Fsp3) is 0.588. The van der Waals surface area contributed by atoms with Crippen LogP contribution in [0.4, 0.5) is 0 Å². The molecule has 0 radical (unpaired) electrons. The van der Waals surface area contributed by atoms with Gasteiger partial charge >= 0.3 is 0 Å². The Hall–Kier alpha value is -1.71. The third-order valence-electron chi connectivity index (χ3n) is 3.87. The normalized spacial score (nSPS) is 16.1. The molecule has 21 heavy (non-hydrogen) atoms. The van der Waals surface area contributed by atoms with Crippen molar-refractivity contribution in [1.82, 2.24) is 10.6 Å². The second kappa shape index (κ2) is 8.55. The van der Waals surface area contributed by atoms with Gasteiger partial charge in [0.2, 0.25) is 0 Å². The van der Waals surface area contributed by atoms with Crippen LogP contribution in [0.15, 0.2) is 29.3 Å². The molecule has 0 aliphatic heterocycles. The van der Waals surface area contributed by atoms with Gasteiger partial charge in [0, 0.05) is 19.1 Å². The number of rotatable bonds is 6. The van der Waals surface area contributed by atoms with Gasteiger partial charge < -0.3 is 15.7 Å². The molecule has 1 aliphatic rings. The molecular weight excluding hydrogens is 262 g/mol. The predicted molar refractivity (Wildman–Crippen MR) is 87.8 cm³/mol. The first kappa shape index (κ1) is 15.7. The number of nitrogens with zero attached hydrogens (tertiary/aromatic N) is 1. The summed E-state index contributed by atoms with van der Waals surface area (Å²) in [5.74, 6) is 1.28. The van der Waals surface area contributed by atoms with Gasteiger partial charge in [-0.25, -0.2) is 0 Å². The molecule has 1 fully saturated rings. The third kappa shape index (κ3) is 5.66. The van der Waals surface area contributed by atoms with Crippen LogP contribution < -0.4 is 10.6 Å². The van der Waals surface area contributed by atoms with E-state index in [1.54, 1.807) is 12.1 Å². The van der Waals surface area contributed by atoms with Crippen molar-refractivity contribution in [2.24, 2.45) is 4.99 Å². The van der Waals surface area contributed by atoms with Gasteiger partial charge in [-0.1, -0.05) is 25.0 Å². The minimum Gasteiger partial charge on any atom is -0.508 e. The topological polar surface area (TPSA) is 56.7 Å². The molecule has 4 heteroatoms. The monoisotopic (exact) mass is 289 g/mol. The minimum absolute atomic E-state index is 0.326. The van der Waals surface area contributed by atoms with Gasteiger partial charge in [0.1, 0.15) is 5.75 Å². The van der Waals surface area contributed by atoms with E-state index in [9.17, 15) is 5.11 Å². The fourth-order valence-electron chi connectivity index (χ4n) is 2.72. The molecule has 3 N–H and O–H groups in total. The quantitative estimate of drug-likeness (QED) is 0.429. The highest BCUT2D eigenvalue weighted by Crippen LogP contribution is 2.17. The average Bonchev–Trinajstić information content (AvgIpc) is 2.98. The van der Waals surface area contributed by atoms with Crippen LogP contribution in [0.5, 0.6) is 5.75 Å². The SMILES string of the molecule is CCNC(=NCCCc1ccc(O)cc1)NC1CCCC1. The van der Waals surface area contributed by atoms with Crippen LogP contribution in [-0.4, -0.2) is 30.2 Å². The Morgan fingerprint density at radius 1 is 1.24 bits per heavy atom. The van der Waals surface area contributed by atoms with Crippen molar-refractivity contribution >= 4 is 5.96 Å². The van der Waals surface area contributed by atoms with E-state index in [1.807, 2.05) is 12.1 Å². The Kier molecular flexibility index (Phi) is 6.38. The summed E-state index contributed by atoms with van der Waals surface area (Å²) in [6.45, 7) is 3.82. The van der Waals surface area contributed by atoms with E-state index in [1.165, 1.54) is 31.2 Å². The third-order valence-corrected chi connectivity index (χ3v) is 3.87. The number of benzene rings is 1. The van der Waals surface area contributed by atoms with Crippen LogP contribution >= 0.6 is 0 Å². The fourth-order valence-corrected chi connectivity index (χ4v) is 2.72. The lowest BCUT2D eigenvalue weighted by molar-refractivity contribution is 0.475. The Balaban J connectivity index is 1.74. The molecule has 1 aromatic rings. The van der Waals surface area contributed by atoms with Gasteiger partial charge in [0.25, 0.3) is 0 Å². The van der Waals surface area contributed by atoms with Crippen LogP contribution in [0.1, 0.15) is 44.6 Å². The molecule has 0 atom stereocenters. The Bertz CT molecular complexity index is 436. The maximum atomic E-state index is 9.26. The molecule has 0 saturated heterocycles. The summed E-state index contributed by atoms with van der Waals surface area (Å²) in [5, 5.41) is 16.1. The van der Waals surface area contributed by atoms with Crippen molar-refractivity contribution in [3.8, 4) is 5.75 Å². The maximum Gasteiger partial charge on any atom is 0.191 e. The molecule has 4 nitrogen and oxygen atoms in total. The Morgan fingerprint density at radius 3 is 2.62 bits per heavy atom. The van der Waals surface area contributed by atoms with Crippen molar-refractivity contribution in [3.05, 3.63) is 29.8 Å². The molecule has 116 valence electrons. The van der Waals surface area contributed by atoms with E-state index in [4.69, 9.17) is 0 Å². The summed E-state index contributed by atoms with van der Waals surface area (Å²) in [4.78, 5) is 4.65. The molecule has 0 spiro atoms. The van der Waals surface area contributed by atoms with E-state index in [2.05, 4.69) is 22.5 Å². The second-order valence-electron chi connectivity index (χ2n) is 5.66. The summed E-state index contributed by atoms with van der Waals surface area (Å²) < 4.78 is 0. The standard InChI is InChI=1S/C17H27N3O/c1-2-18-17(20-15-7-3-4-8-15)19-13-5-6-14-9-11-16(21)12-10-14/h9-12,15,21H,2-8,13H2,1H3,(H2,18,19,20). The van der Waals surface area contributed by atoms with E-state index in [0.717, 1.165) is 31.9 Å². The summed E-state index contributed by atoms with van der Waals surface area (Å²) in [6.07, 6.45) is 7.20. The highest BCUT2D eigenvalue weighted by molar-refractivity contribution is 5.80. The van der Waals surface area contributed by atoms with Gasteiger partial charge in [-0.3, -0.25) is 4.99 Å². The molecule has 0 heterocycles. The average molecular weight is 289 g/mol. The number of hydrogen-bond donors (Lipinski definition) is 3. The van der Waals surface area contributed by atoms with Crippen LogP contribution in [0.2, 0.25) is 0 Å². The summed E-state index contributed by atoms with van der Waals surface area (Å²) in [6, 6.07) is 8.02. The van der Waals surface area contributed by atoms with Crippen molar-refractivity contribution < 1.29 is 5.11 Å². The zero-order valence-electron chi connectivity index (χ0n) is 12.9. The van der Waals surface area contributed by atoms with Crippen molar-refractivity contribution in [1.29, 1.82) is 0 Å². The van der Waals surface area contributed by atoms with Gasteiger partial charge in [0.15, 0.2) is 5.96 Å². The number of aromatic hydroxyl groups is 1.